The predicted octanol–water partition coefficient (Wildman–Crippen LogP) is 3.19. The molecular formula is C15H19ClF3N3O2. The Morgan fingerprint density at radius 3 is 2.92 bits per heavy atom. The van der Waals surface area contributed by atoms with Crippen molar-refractivity contribution in [1.82, 2.24) is 9.88 Å². The number of amides is 1. The predicted molar refractivity (Wildman–Crippen MR) is 84.0 cm³/mol. The maximum atomic E-state index is 12.5. The highest BCUT2D eigenvalue weighted by Gasteiger charge is 2.31. The quantitative estimate of drug-likeness (QED) is 0.870. The number of alkyl halides is 3. The molecule has 9 heteroatoms. The standard InChI is InChI=1S/C15H19ClF3N3O2/c1-24-11-3-2-6-22(9-11)13(23)4-5-20-14-12(16)7-10(8-21-14)15(17,18)19/h7-8,11H,2-6,9H2,1H3,(H,20,21). The molecule has 1 N–H and O–H groups in total. The average molecular weight is 366 g/mol. The van der Waals surface area contributed by atoms with Gasteiger partial charge in [0.15, 0.2) is 0 Å². The van der Waals surface area contributed by atoms with E-state index in [1.165, 1.54) is 0 Å². The molecule has 2 rings (SSSR count). The molecule has 0 radical (unpaired) electrons. The zero-order valence-corrected chi connectivity index (χ0v) is 14.0. The second-order valence-electron chi connectivity index (χ2n) is 5.57. The fraction of sp³-hybridized carbons (Fsp3) is 0.600. The van der Waals surface area contributed by atoms with Gasteiger partial charge < -0.3 is 15.0 Å². The van der Waals surface area contributed by atoms with Crippen molar-refractivity contribution in [3.8, 4) is 0 Å². The third kappa shape index (κ3) is 4.98. The van der Waals surface area contributed by atoms with Crippen molar-refractivity contribution in [2.75, 3.05) is 32.1 Å². The molecule has 1 aliphatic rings. The molecular weight excluding hydrogens is 347 g/mol. The Labute approximate surface area is 143 Å². The third-order valence-electron chi connectivity index (χ3n) is 3.86. The van der Waals surface area contributed by atoms with Crippen LogP contribution in [-0.2, 0) is 15.7 Å². The van der Waals surface area contributed by atoms with E-state index in [4.69, 9.17) is 16.3 Å². The van der Waals surface area contributed by atoms with Crippen molar-refractivity contribution in [2.45, 2.75) is 31.5 Å². The zero-order valence-electron chi connectivity index (χ0n) is 13.2. The molecule has 1 saturated heterocycles. The summed E-state index contributed by atoms with van der Waals surface area (Å²) in [4.78, 5) is 17.6. The van der Waals surface area contributed by atoms with Crippen molar-refractivity contribution >= 4 is 23.3 Å². The van der Waals surface area contributed by atoms with Crippen molar-refractivity contribution in [3.63, 3.8) is 0 Å². The van der Waals surface area contributed by atoms with Gasteiger partial charge in [0.1, 0.15) is 5.82 Å². The average Bonchev–Trinajstić information content (AvgIpc) is 2.55. The van der Waals surface area contributed by atoms with Crippen molar-refractivity contribution in [2.24, 2.45) is 0 Å². The summed E-state index contributed by atoms with van der Waals surface area (Å²) in [5.41, 5.74) is -0.909. The van der Waals surface area contributed by atoms with Crippen LogP contribution in [0, 0.1) is 0 Å². The van der Waals surface area contributed by atoms with Gasteiger partial charge in [-0.15, -0.1) is 0 Å². The van der Waals surface area contributed by atoms with E-state index in [0.29, 0.717) is 19.3 Å². The van der Waals surface area contributed by atoms with Crippen LogP contribution in [0.4, 0.5) is 19.0 Å². The van der Waals surface area contributed by atoms with Crippen LogP contribution < -0.4 is 5.32 Å². The van der Waals surface area contributed by atoms with Crippen LogP contribution in [0.1, 0.15) is 24.8 Å². The summed E-state index contributed by atoms with van der Waals surface area (Å²) >= 11 is 5.80. The minimum absolute atomic E-state index is 0.0349. The van der Waals surface area contributed by atoms with E-state index in [9.17, 15) is 18.0 Å². The number of anilines is 1. The summed E-state index contributed by atoms with van der Waals surface area (Å²) in [5.74, 6) is 0.0955. The van der Waals surface area contributed by atoms with Crippen molar-refractivity contribution in [1.29, 1.82) is 0 Å². The number of hydrogen-bond acceptors (Lipinski definition) is 4. The Kier molecular flexibility index (Phi) is 6.28. The SMILES string of the molecule is COC1CCCN(C(=O)CCNc2ncc(C(F)(F)F)cc2Cl)C1. The lowest BCUT2D eigenvalue weighted by Gasteiger charge is -2.32. The number of aromatic nitrogens is 1. The molecule has 24 heavy (non-hydrogen) atoms. The number of nitrogens with one attached hydrogen (secondary N) is 1. The van der Waals surface area contributed by atoms with Crippen molar-refractivity contribution in [3.05, 3.63) is 22.8 Å². The number of pyridine rings is 1. The minimum atomic E-state index is -4.49. The van der Waals surface area contributed by atoms with Crippen LogP contribution in [0.5, 0.6) is 0 Å². The molecule has 2 heterocycles. The van der Waals surface area contributed by atoms with Gasteiger partial charge in [-0.2, -0.15) is 13.2 Å². The Bertz CT molecular complexity index is 584. The monoisotopic (exact) mass is 365 g/mol. The maximum absolute atomic E-state index is 12.5. The summed E-state index contributed by atoms with van der Waals surface area (Å²) in [6.07, 6.45) is -1.69. The first-order valence-electron chi connectivity index (χ1n) is 7.58. The molecule has 0 aromatic carbocycles. The molecule has 1 fully saturated rings. The second-order valence-corrected chi connectivity index (χ2v) is 5.98. The number of carbonyl (C=O) groups excluding carboxylic acids is 1. The summed E-state index contributed by atoms with van der Waals surface area (Å²) in [7, 11) is 1.62. The lowest BCUT2D eigenvalue weighted by molar-refractivity contribution is -0.137. The van der Waals surface area contributed by atoms with Crippen LogP contribution in [-0.4, -0.2) is 48.6 Å². The summed E-state index contributed by atoms with van der Waals surface area (Å²) < 4.78 is 42.9. The summed E-state index contributed by atoms with van der Waals surface area (Å²) in [6.45, 7) is 1.50. The fourth-order valence-corrected chi connectivity index (χ4v) is 2.76. The number of nitrogens with zero attached hydrogens (tertiary/aromatic N) is 2. The highest BCUT2D eigenvalue weighted by molar-refractivity contribution is 6.32. The number of hydrogen-bond donors (Lipinski definition) is 1. The number of halogens is 4. The molecule has 0 saturated carbocycles. The Morgan fingerprint density at radius 1 is 1.54 bits per heavy atom. The van der Waals surface area contributed by atoms with Gasteiger partial charge in [0.2, 0.25) is 5.91 Å². The molecule has 1 amide bonds. The number of piperidine rings is 1. The molecule has 1 unspecified atom stereocenters. The topological polar surface area (TPSA) is 54.5 Å². The van der Waals surface area contributed by atoms with Crippen LogP contribution in [0.15, 0.2) is 12.3 Å². The molecule has 1 aromatic rings. The Hall–Kier alpha value is -1.54. The van der Waals surface area contributed by atoms with E-state index in [1.54, 1.807) is 12.0 Å². The van der Waals surface area contributed by atoms with Gasteiger partial charge in [-0.25, -0.2) is 4.98 Å². The van der Waals surface area contributed by atoms with E-state index in [0.717, 1.165) is 18.9 Å². The van der Waals surface area contributed by atoms with Crippen LogP contribution >= 0.6 is 11.6 Å². The third-order valence-corrected chi connectivity index (χ3v) is 4.15. The van der Waals surface area contributed by atoms with Crippen molar-refractivity contribution < 1.29 is 22.7 Å². The molecule has 0 aliphatic carbocycles. The van der Waals surface area contributed by atoms with Gasteiger partial charge in [-0.1, -0.05) is 11.6 Å². The van der Waals surface area contributed by atoms with E-state index < -0.39 is 11.7 Å². The first kappa shape index (κ1) is 18.8. The van der Waals surface area contributed by atoms with E-state index in [1.807, 2.05) is 0 Å². The van der Waals surface area contributed by atoms with Crippen LogP contribution in [0.2, 0.25) is 5.02 Å². The number of methoxy groups -OCH3 is 1. The van der Waals surface area contributed by atoms with Gasteiger partial charge in [-0.05, 0) is 18.9 Å². The van der Waals surface area contributed by atoms with Crippen LogP contribution in [0.25, 0.3) is 0 Å². The van der Waals surface area contributed by atoms with Crippen LogP contribution in [0.3, 0.4) is 0 Å². The second kappa shape index (κ2) is 8.02. The molecule has 1 aliphatic heterocycles. The molecule has 0 bridgehead atoms. The molecule has 0 spiro atoms. The largest absolute Gasteiger partial charge is 0.417 e. The zero-order chi connectivity index (χ0) is 17.7. The minimum Gasteiger partial charge on any atom is -0.380 e. The lowest BCUT2D eigenvalue weighted by atomic mass is 10.1. The first-order valence-corrected chi connectivity index (χ1v) is 7.96. The smallest absolute Gasteiger partial charge is 0.380 e. The first-order chi connectivity index (χ1) is 11.3. The molecule has 134 valence electrons. The van der Waals surface area contributed by atoms with E-state index >= 15 is 0 Å². The number of ether oxygens (including phenoxy) is 1. The highest BCUT2D eigenvalue weighted by atomic mass is 35.5. The van der Waals surface area contributed by atoms with Gasteiger partial charge in [0.25, 0.3) is 0 Å². The van der Waals surface area contributed by atoms with Gasteiger partial charge in [-0.3, -0.25) is 4.79 Å². The molecule has 1 atom stereocenters. The Morgan fingerprint density at radius 2 is 2.29 bits per heavy atom. The van der Waals surface area contributed by atoms with Gasteiger partial charge in [0.05, 0.1) is 16.7 Å². The maximum Gasteiger partial charge on any atom is 0.417 e. The molecule has 5 nitrogen and oxygen atoms in total. The van der Waals surface area contributed by atoms with E-state index in [-0.39, 0.29) is 35.8 Å². The van der Waals surface area contributed by atoms with Gasteiger partial charge in [0, 0.05) is 39.4 Å². The fourth-order valence-electron chi connectivity index (χ4n) is 2.53. The van der Waals surface area contributed by atoms with E-state index in [2.05, 4.69) is 10.3 Å². The van der Waals surface area contributed by atoms with Gasteiger partial charge >= 0.3 is 6.18 Å². The highest BCUT2D eigenvalue weighted by Crippen LogP contribution is 2.32. The lowest BCUT2D eigenvalue weighted by Crippen LogP contribution is -2.43. The number of carbonyl (C=O) groups is 1. The molecule has 1 aromatic heterocycles. The number of likely N-dealkylation sites (tertiary alicyclic amines) is 1. The summed E-state index contributed by atoms with van der Waals surface area (Å²) in [6, 6.07) is 0.812. The Balaban J connectivity index is 1.84. The normalized spacial score (nSPS) is 18.5. The number of rotatable bonds is 5. The summed E-state index contributed by atoms with van der Waals surface area (Å²) in [5, 5.41) is 2.67.